The van der Waals surface area contributed by atoms with Crippen LogP contribution < -0.4 is 5.32 Å². The lowest BCUT2D eigenvalue weighted by molar-refractivity contribution is -0.165. The normalized spacial score (nSPS) is 27.8. The Balaban J connectivity index is 1.70. The number of aliphatic carboxylic acids is 1. The second-order valence-corrected chi connectivity index (χ2v) is 12.7. The van der Waals surface area contributed by atoms with Gasteiger partial charge in [-0.05, 0) is 79.7 Å². The van der Waals surface area contributed by atoms with Gasteiger partial charge in [-0.25, -0.2) is 4.39 Å². The molecule has 5 rings (SSSR count). The number of carboxylic acids is 1. The molecule has 0 spiro atoms. The summed E-state index contributed by atoms with van der Waals surface area (Å²) in [4.78, 5) is 29.5. The zero-order chi connectivity index (χ0) is 27.2. The van der Waals surface area contributed by atoms with Gasteiger partial charge in [-0.3, -0.25) is 9.59 Å². The quantitative estimate of drug-likeness (QED) is 0.439. The van der Waals surface area contributed by atoms with Gasteiger partial charge in [-0.15, -0.1) is 0 Å². The zero-order valence-electron chi connectivity index (χ0n) is 23.1. The molecule has 5 nitrogen and oxygen atoms in total. The topological polar surface area (TPSA) is 69.6 Å². The van der Waals surface area contributed by atoms with Gasteiger partial charge in [0.15, 0.2) is 0 Å². The van der Waals surface area contributed by atoms with Gasteiger partial charge in [0.1, 0.15) is 5.82 Å². The first kappa shape index (κ1) is 26.7. The predicted octanol–water partition coefficient (Wildman–Crippen LogP) is 7.15. The number of likely N-dealkylation sites (tertiary alicyclic amines) is 1. The summed E-state index contributed by atoms with van der Waals surface area (Å²) in [7, 11) is 0. The molecule has 2 aromatic carbocycles. The van der Waals surface area contributed by atoms with Crippen LogP contribution in [0.15, 0.2) is 42.5 Å². The molecule has 38 heavy (non-hydrogen) atoms. The number of carbonyl (C=O) groups excluding carboxylic acids is 1. The molecule has 0 bridgehead atoms. The highest BCUT2D eigenvalue weighted by atomic mass is 19.1. The van der Waals surface area contributed by atoms with Crippen LogP contribution in [0.25, 0.3) is 0 Å². The summed E-state index contributed by atoms with van der Waals surface area (Å²) in [6, 6.07) is 13.1. The first-order valence-electron chi connectivity index (χ1n) is 14.2. The summed E-state index contributed by atoms with van der Waals surface area (Å²) in [6.45, 7) is 7.83. The van der Waals surface area contributed by atoms with Gasteiger partial charge in [0.05, 0.1) is 17.0 Å². The number of hydrogen-bond donors (Lipinski definition) is 2. The van der Waals surface area contributed by atoms with Crippen molar-refractivity contribution < 1.29 is 19.1 Å². The Morgan fingerprint density at radius 2 is 1.68 bits per heavy atom. The fourth-order valence-electron chi connectivity index (χ4n) is 7.93. The van der Waals surface area contributed by atoms with Gasteiger partial charge in [0, 0.05) is 17.8 Å². The standard InChI is InChI=1S/C32H41FN2O3/c1-20-9-7-13-26(33)28(20)29(36)35-27-14-8-10-21(27)19-25(30(37)38)32(35,31(2,3)4)22-15-17-24(18-16-22)34-23-11-5-6-12-23/h7,9,13,15-18,21,23,25,27,34H,5-6,8,10-12,14,19H2,1-4H3,(H,37,38)/t21-,25-,27-,32-/m1/s1. The number of halogens is 1. The molecule has 3 fully saturated rings. The average Bonchev–Trinajstić information content (AvgIpc) is 3.54. The van der Waals surface area contributed by atoms with Gasteiger partial charge in [-0.1, -0.05) is 64.3 Å². The third-order valence-electron chi connectivity index (χ3n) is 9.52. The predicted molar refractivity (Wildman–Crippen MR) is 148 cm³/mol. The summed E-state index contributed by atoms with van der Waals surface area (Å²) < 4.78 is 15.3. The number of benzene rings is 2. The molecule has 3 aliphatic rings. The van der Waals surface area contributed by atoms with E-state index < -0.39 is 34.6 Å². The third kappa shape index (κ3) is 4.30. The monoisotopic (exact) mass is 520 g/mol. The molecule has 204 valence electrons. The van der Waals surface area contributed by atoms with E-state index in [0.29, 0.717) is 18.0 Å². The minimum atomic E-state index is -1.15. The molecule has 0 aromatic heterocycles. The van der Waals surface area contributed by atoms with Gasteiger partial charge in [0.25, 0.3) is 5.91 Å². The second-order valence-electron chi connectivity index (χ2n) is 12.7. The number of anilines is 1. The number of fused-ring (bicyclic) bond motifs is 1. The van der Waals surface area contributed by atoms with Crippen molar-refractivity contribution in [3.05, 3.63) is 65.0 Å². The molecule has 1 aliphatic heterocycles. The number of rotatable bonds is 5. The smallest absolute Gasteiger partial charge is 0.309 e. The van der Waals surface area contributed by atoms with Gasteiger partial charge >= 0.3 is 5.97 Å². The van der Waals surface area contributed by atoms with Crippen molar-refractivity contribution in [1.29, 1.82) is 0 Å². The Labute approximate surface area is 225 Å². The van der Waals surface area contributed by atoms with Crippen molar-refractivity contribution >= 4 is 17.6 Å². The minimum absolute atomic E-state index is 0.0531. The van der Waals surface area contributed by atoms with Crippen LogP contribution in [0, 0.1) is 30.0 Å². The molecule has 2 aliphatic carbocycles. The van der Waals surface area contributed by atoms with Crippen LogP contribution in [0.4, 0.5) is 10.1 Å². The van der Waals surface area contributed by atoms with E-state index in [2.05, 4.69) is 5.32 Å². The number of nitrogens with one attached hydrogen (secondary N) is 1. The molecular formula is C32H41FN2O3. The summed E-state index contributed by atoms with van der Waals surface area (Å²) >= 11 is 0. The zero-order valence-corrected chi connectivity index (χ0v) is 23.1. The molecule has 1 amide bonds. The largest absolute Gasteiger partial charge is 0.481 e. The lowest BCUT2D eigenvalue weighted by Gasteiger charge is -2.61. The third-order valence-corrected chi connectivity index (χ3v) is 9.52. The number of amides is 1. The summed E-state index contributed by atoms with van der Waals surface area (Å²) in [5.41, 5.74) is 0.648. The van der Waals surface area contributed by atoms with Gasteiger partial charge in [0.2, 0.25) is 0 Å². The van der Waals surface area contributed by atoms with Crippen LogP contribution >= 0.6 is 0 Å². The maximum atomic E-state index is 15.3. The lowest BCUT2D eigenvalue weighted by Crippen LogP contribution is -2.69. The Morgan fingerprint density at radius 1 is 1.00 bits per heavy atom. The van der Waals surface area contributed by atoms with Crippen LogP contribution in [-0.4, -0.2) is 34.0 Å². The van der Waals surface area contributed by atoms with E-state index >= 15 is 4.39 Å². The molecule has 6 heteroatoms. The highest BCUT2D eigenvalue weighted by molar-refractivity contribution is 5.97. The Morgan fingerprint density at radius 3 is 2.29 bits per heavy atom. The van der Waals surface area contributed by atoms with E-state index in [9.17, 15) is 14.7 Å². The van der Waals surface area contributed by atoms with E-state index in [1.54, 1.807) is 19.1 Å². The lowest BCUT2D eigenvalue weighted by atomic mass is 9.56. The maximum Gasteiger partial charge on any atom is 0.309 e. The van der Waals surface area contributed by atoms with E-state index in [1.165, 1.54) is 18.9 Å². The highest BCUT2D eigenvalue weighted by Gasteiger charge is 2.64. The molecular weight excluding hydrogens is 479 g/mol. The molecule has 0 unspecified atom stereocenters. The molecule has 2 N–H and O–H groups in total. The molecule has 4 atom stereocenters. The Kier molecular flexibility index (Phi) is 7.04. The highest BCUT2D eigenvalue weighted by Crippen LogP contribution is 2.59. The van der Waals surface area contributed by atoms with Gasteiger partial charge in [-0.2, -0.15) is 0 Å². The number of piperidine rings is 1. The van der Waals surface area contributed by atoms with Crippen molar-refractivity contribution in [3.8, 4) is 0 Å². The Bertz CT molecular complexity index is 1180. The van der Waals surface area contributed by atoms with Crippen LogP contribution in [0.2, 0.25) is 0 Å². The van der Waals surface area contributed by atoms with E-state index in [1.807, 2.05) is 49.9 Å². The maximum absolute atomic E-state index is 15.3. The van der Waals surface area contributed by atoms with Crippen LogP contribution in [0.5, 0.6) is 0 Å². The summed E-state index contributed by atoms with van der Waals surface area (Å²) in [6.07, 6.45) is 7.92. The van der Waals surface area contributed by atoms with E-state index in [4.69, 9.17) is 0 Å². The van der Waals surface area contributed by atoms with Crippen molar-refractivity contribution in [2.75, 3.05) is 5.32 Å². The van der Waals surface area contributed by atoms with Crippen LogP contribution in [0.1, 0.15) is 93.6 Å². The fraction of sp³-hybridized carbons (Fsp3) is 0.562. The van der Waals surface area contributed by atoms with Gasteiger partial charge < -0.3 is 15.3 Å². The average molecular weight is 521 g/mol. The molecule has 2 saturated carbocycles. The number of carbonyl (C=O) groups is 2. The van der Waals surface area contributed by atoms with E-state index in [0.717, 1.165) is 43.4 Å². The van der Waals surface area contributed by atoms with Crippen LogP contribution in [-0.2, 0) is 10.3 Å². The fourth-order valence-corrected chi connectivity index (χ4v) is 7.93. The summed E-state index contributed by atoms with van der Waals surface area (Å²) in [5.74, 6) is -2.58. The number of carboxylic acid groups (broad SMARTS) is 1. The number of hydrogen-bond acceptors (Lipinski definition) is 3. The first-order chi connectivity index (χ1) is 18.1. The van der Waals surface area contributed by atoms with Crippen LogP contribution in [0.3, 0.4) is 0 Å². The first-order valence-corrected chi connectivity index (χ1v) is 14.2. The van der Waals surface area contributed by atoms with Crippen molar-refractivity contribution in [1.82, 2.24) is 4.90 Å². The number of nitrogens with zero attached hydrogens (tertiary/aromatic N) is 1. The van der Waals surface area contributed by atoms with Crippen molar-refractivity contribution in [2.45, 2.75) is 96.7 Å². The molecule has 1 heterocycles. The summed E-state index contributed by atoms with van der Waals surface area (Å²) in [5, 5.41) is 14.3. The second kappa shape index (κ2) is 10.0. The Hall–Kier alpha value is -2.89. The minimum Gasteiger partial charge on any atom is -0.481 e. The SMILES string of the molecule is Cc1cccc(F)c1C(=O)N1[C@@H]2CCC[C@@H]2C[C@H](C(=O)O)[C@]1(c1ccc(NC2CCCC2)cc1)C(C)(C)C. The van der Waals surface area contributed by atoms with Crippen molar-refractivity contribution in [3.63, 3.8) is 0 Å². The molecule has 1 saturated heterocycles. The molecule has 2 aromatic rings. The number of aryl methyl sites for hydroxylation is 1. The van der Waals surface area contributed by atoms with E-state index in [-0.39, 0.29) is 17.5 Å². The van der Waals surface area contributed by atoms with Crippen molar-refractivity contribution in [2.24, 2.45) is 17.3 Å². The molecule has 0 radical (unpaired) electrons.